The first-order valence-electron chi connectivity index (χ1n) is 5.08. The van der Waals surface area contributed by atoms with Crippen molar-refractivity contribution in [3.8, 4) is 0 Å². The zero-order chi connectivity index (χ0) is 10.8. The molecular formula is C11H15ClN2S. The second kappa shape index (κ2) is 4.54. The summed E-state index contributed by atoms with van der Waals surface area (Å²) in [6.45, 7) is 4.35. The molecule has 0 radical (unpaired) electrons. The van der Waals surface area contributed by atoms with E-state index in [-0.39, 0.29) is 0 Å². The Hall–Kier alpha value is -0.540. The van der Waals surface area contributed by atoms with Gasteiger partial charge in [0.25, 0.3) is 0 Å². The molecule has 0 aromatic heterocycles. The molecule has 1 aromatic rings. The molecule has 0 amide bonds. The molecule has 2 N–H and O–H groups in total. The Morgan fingerprint density at radius 2 is 2.33 bits per heavy atom. The second-order valence-electron chi connectivity index (χ2n) is 3.83. The number of benzene rings is 1. The van der Waals surface area contributed by atoms with Gasteiger partial charge in [-0.15, -0.1) is 0 Å². The van der Waals surface area contributed by atoms with Gasteiger partial charge in [-0.25, -0.2) is 0 Å². The van der Waals surface area contributed by atoms with E-state index in [0.717, 1.165) is 35.2 Å². The van der Waals surface area contributed by atoms with Crippen LogP contribution in [-0.4, -0.2) is 24.1 Å². The van der Waals surface area contributed by atoms with Gasteiger partial charge in [-0.05, 0) is 18.2 Å². The third-order valence-corrected chi connectivity index (χ3v) is 3.95. The number of hydrogen-bond acceptors (Lipinski definition) is 3. The van der Waals surface area contributed by atoms with E-state index in [9.17, 15) is 0 Å². The van der Waals surface area contributed by atoms with Crippen LogP contribution in [0.1, 0.15) is 6.92 Å². The van der Waals surface area contributed by atoms with Crippen LogP contribution in [0.5, 0.6) is 0 Å². The van der Waals surface area contributed by atoms with Crippen molar-refractivity contribution in [3.05, 3.63) is 23.2 Å². The molecule has 15 heavy (non-hydrogen) atoms. The van der Waals surface area contributed by atoms with Crippen LogP contribution in [-0.2, 0) is 0 Å². The number of nitrogens with two attached hydrogens (primary N) is 1. The lowest BCUT2D eigenvalue weighted by Gasteiger charge is -2.33. The van der Waals surface area contributed by atoms with E-state index in [2.05, 4.69) is 11.8 Å². The first-order chi connectivity index (χ1) is 7.16. The van der Waals surface area contributed by atoms with E-state index in [1.54, 1.807) is 0 Å². The van der Waals surface area contributed by atoms with Crippen LogP contribution in [0, 0.1) is 0 Å². The summed E-state index contributed by atoms with van der Waals surface area (Å²) >= 11 is 8.00. The van der Waals surface area contributed by atoms with Crippen molar-refractivity contribution in [1.29, 1.82) is 0 Å². The fourth-order valence-corrected chi connectivity index (χ4v) is 3.01. The number of rotatable bonds is 1. The van der Waals surface area contributed by atoms with Gasteiger partial charge < -0.3 is 10.6 Å². The largest absolute Gasteiger partial charge is 0.397 e. The number of thioether (sulfide) groups is 1. The first-order valence-corrected chi connectivity index (χ1v) is 6.51. The maximum Gasteiger partial charge on any atom is 0.0615 e. The Kier molecular flexibility index (Phi) is 3.32. The van der Waals surface area contributed by atoms with E-state index in [1.165, 1.54) is 0 Å². The molecule has 0 saturated carbocycles. The van der Waals surface area contributed by atoms with Crippen LogP contribution in [0.25, 0.3) is 0 Å². The Morgan fingerprint density at radius 1 is 1.53 bits per heavy atom. The summed E-state index contributed by atoms with van der Waals surface area (Å²) < 4.78 is 0. The summed E-state index contributed by atoms with van der Waals surface area (Å²) in [5.41, 5.74) is 7.86. The summed E-state index contributed by atoms with van der Waals surface area (Å²) in [6, 6.07) is 5.67. The zero-order valence-corrected chi connectivity index (χ0v) is 10.3. The monoisotopic (exact) mass is 242 g/mol. The SMILES string of the molecule is CC1CN(c2cc(Cl)ccc2N)CCS1. The predicted octanol–water partition coefficient (Wildman–Crippen LogP) is 2.86. The summed E-state index contributed by atoms with van der Waals surface area (Å²) in [5, 5.41) is 1.42. The summed E-state index contributed by atoms with van der Waals surface area (Å²) in [5.74, 6) is 1.16. The van der Waals surface area contributed by atoms with Crippen molar-refractivity contribution in [3.63, 3.8) is 0 Å². The minimum absolute atomic E-state index is 0.664. The standard InChI is InChI=1S/C11H15ClN2S/c1-8-7-14(4-5-15-8)11-6-9(12)2-3-10(11)13/h2-3,6,8H,4-5,7,13H2,1H3. The molecule has 0 spiro atoms. The van der Waals surface area contributed by atoms with Gasteiger partial charge in [-0.1, -0.05) is 18.5 Å². The molecule has 1 aromatic carbocycles. The van der Waals surface area contributed by atoms with Gasteiger partial charge in [0.15, 0.2) is 0 Å². The highest BCUT2D eigenvalue weighted by atomic mass is 35.5. The van der Waals surface area contributed by atoms with E-state index in [1.807, 2.05) is 30.0 Å². The van der Waals surface area contributed by atoms with Gasteiger partial charge >= 0.3 is 0 Å². The molecule has 2 nitrogen and oxygen atoms in total. The minimum Gasteiger partial charge on any atom is -0.397 e. The average Bonchev–Trinajstić information content (AvgIpc) is 2.22. The molecule has 1 saturated heterocycles. The van der Waals surface area contributed by atoms with Crippen molar-refractivity contribution < 1.29 is 0 Å². The Bertz CT molecular complexity index is 356. The molecule has 2 rings (SSSR count). The first kappa shape index (κ1) is 11.0. The molecule has 1 aliphatic rings. The lowest BCUT2D eigenvalue weighted by molar-refractivity contribution is 0.784. The third kappa shape index (κ3) is 2.52. The maximum absolute atomic E-state index is 5.99. The van der Waals surface area contributed by atoms with Gasteiger partial charge in [0.2, 0.25) is 0 Å². The molecule has 4 heteroatoms. The van der Waals surface area contributed by atoms with E-state index in [0.29, 0.717) is 5.25 Å². The molecule has 1 heterocycles. The van der Waals surface area contributed by atoms with Crippen LogP contribution in [0.15, 0.2) is 18.2 Å². The number of hydrogen-bond donors (Lipinski definition) is 1. The third-order valence-electron chi connectivity index (χ3n) is 2.57. The Morgan fingerprint density at radius 3 is 3.07 bits per heavy atom. The van der Waals surface area contributed by atoms with Crippen LogP contribution in [0.2, 0.25) is 5.02 Å². The molecular weight excluding hydrogens is 228 g/mol. The van der Waals surface area contributed by atoms with Crippen LogP contribution in [0.3, 0.4) is 0 Å². The minimum atomic E-state index is 0.664. The van der Waals surface area contributed by atoms with Crippen molar-refractivity contribution in [2.45, 2.75) is 12.2 Å². The molecule has 1 aliphatic heterocycles. The molecule has 1 fully saturated rings. The van der Waals surface area contributed by atoms with Crippen LogP contribution in [0.4, 0.5) is 11.4 Å². The molecule has 1 unspecified atom stereocenters. The predicted molar refractivity (Wildman–Crippen MR) is 70.0 cm³/mol. The highest BCUT2D eigenvalue weighted by molar-refractivity contribution is 8.00. The summed E-state index contributed by atoms with van der Waals surface area (Å²) in [7, 11) is 0. The fourth-order valence-electron chi connectivity index (χ4n) is 1.83. The van der Waals surface area contributed by atoms with E-state index >= 15 is 0 Å². The quantitative estimate of drug-likeness (QED) is 0.768. The number of nitrogens with zero attached hydrogens (tertiary/aromatic N) is 1. The van der Waals surface area contributed by atoms with Gasteiger partial charge in [0.1, 0.15) is 0 Å². The summed E-state index contributed by atoms with van der Waals surface area (Å²) in [6.07, 6.45) is 0. The zero-order valence-electron chi connectivity index (χ0n) is 8.74. The second-order valence-corrected chi connectivity index (χ2v) is 5.81. The lowest BCUT2D eigenvalue weighted by Crippen LogP contribution is -2.37. The summed E-state index contributed by atoms with van der Waals surface area (Å²) in [4.78, 5) is 2.32. The van der Waals surface area contributed by atoms with Gasteiger partial charge in [0, 0.05) is 29.1 Å². The van der Waals surface area contributed by atoms with Crippen LogP contribution < -0.4 is 10.6 Å². The fraction of sp³-hybridized carbons (Fsp3) is 0.455. The van der Waals surface area contributed by atoms with Crippen molar-refractivity contribution in [1.82, 2.24) is 0 Å². The lowest BCUT2D eigenvalue weighted by atomic mass is 10.2. The van der Waals surface area contributed by atoms with Crippen LogP contribution >= 0.6 is 23.4 Å². The Balaban J connectivity index is 2.24. The highest BCUT2D eigenvalue weighted by Crippen LogP contribution is 2.30. The number of halogens is 1. The van der Waals surface area contributed by atoms with E-state index < -0.39 is 0 Å². The van der Waals surface area contributed by atoms with Crippen molar-refractivity contribution in [2.75, 3.05) is 29.5 Å². The number of nitrogen functional groups attached to an aromatic ring is 1. The molecule has 1 atom stereocenters. The molecule has 0 bridgehead atoms. The maximum atomic E-state index is 5.99. The smallest absolute Gasteiger partial charge is 0.0615 e. The van der Waals surface area contributed by atoms with Crippen molar-refractivity contribution in [2.24, 2.45) is 0 Å². The number of anilines is 2. The van der Waals surface area contributed by atoms with Gasteiger partial charge in [0.05, 0.1) is 11.4 Å². The Labute approximate surface area is 99.8 Å². The van der Waals surface area contributed by atoms with Gasteiger partial charge in [-0.3, -0.25) is 0 Å². The molecule has 82 valence electrons. The van der Waals surface area contributed by atoms with Crippen molar-refractivity contribution >= 4 is 34.7 Å². The van der Waals surface area contributed by atoms with Gasteiger partial charge in [-0.2, -0.15) is 11.8 Å². The van der Waals surface area contributed by atoms with E-state index in [4.69, 9.17) is 17.3 Å². The molecule has 0 aliphatic carbocycles. The topological polar surface area (TPSA) is 29.3 Å². The highest BCUT2D eigenvalue weighted by Gasteiger charge is 2.18. The average molecular weight is 243 g/mol. The normalized spacial score (nSPS) is 21.7.